The second-order valence-corrected chi connectivity index (χ2v) is 3.55. The first-order chi connectivity index (χ1) is 4.38. The Morgan fingerprint density at radius 2 is 1.78 bits per heavy atom. The lowest BCUT2D eigenvalue weighted by atomic mass is 9.77. The second kappa shape index (κ2) is 3.77. The quantitative estimate of drug-likeness (QED) is 0.584. The lowest BCUT2D eigenvalue weighted by Gasteiger charge is -2.31. The number of rotatable bonds is 3. The molecular weight excluding hydrogens is 148 g/mol. The maximum absolute atomic E-state index is 4.27. The van der Waals surface area contributed by atoms with Gasteiger partial charge in [-0.1, -0.05) is 19.3 Å². The van der Waals surface area contributed by atoms with Gasteiger partial charge in [0, 0.05) is 0 Å². The molecule has 0 unspecified atom stereocenters. The molecule has 2 heteroatoms. The van der Waals surface area contributed by atoms with E-state index in [1.54, 1.807) is 0 Å². The third-order valence-electron chi connectivity index (χ3n) is 2.29. The Hall–Kier alpha value is 0.700. The molecule has 1 aliphatic carbocycles. The normalized spacial score (nSPS) is 20.3. The first-order valence-electron chi connectivity index (χ1n) is 3.60. The van der Waals surface area contributed by atoms with E-state index in [9.17, 15) is 0 Å². The van der Waals surface area contributed by atoms with Crippen molar-refractivity contribution in [2.24, 2.45) is 11.8 Å². The number of thiol groups is 2. The fourth-order valence-corrected chi connectivity index (χ4v) is 2.33. The molecule has 1 saturated carbocycles. The highest BCUT2D eigenvalue weighted by Crippen LogP contribution is 2.34. The third kappa shape index (κ3) is 1.81. The lowest BCUT2D eigenvalue weighted by Crippen LogP contribution is -2.24. The average Bonchev–Trinajstić information content (AvgIpc) is 1.78. The van der Waals surface area contributed by atoms with Gasteiger partial charge in [-0.15, -0.1) is 0 Å². The van der Waals surface area contributed by atoms with Crippen LogP contribution in [0.2, 0.25) is 0 Å². The van der Waals surface area contributed by atoms with E-state index in [1.807, 2.05) is 0 Å². The smallest absolute Gasteiger partial charge is 0.00591 e. The Bertz CT molecular complexity index is 75.0. The van der Waals surface area contributed by atoms with Gasteiger partial charge in [-0.3, -0.25) is 0 Å². The minimum absolute atomic E-state index is 0.783. The third-order valence-corrected chi connectivity index (χ3v) is 3.22. The molecule has 0 N–H and O–H groups in total. The summed E-state index contributed by atoms with van der Waals surface area (Å²) in [5, 5.41) is 0. The molecule has 0 saturated heterocycles. The molecular formula is C7H14S2. The zero-order chi connectivity index (χ0) is 6.69. The number of hydrogen-bond acceptors (Lipinski definition) is 2. The fraction of sp³-hybridized carbons (Fsp3) is 1.00. The first kappa shape index (κ1) is 7.80. The molecule has 0 aromatic heterocycles. The molecule has 0 spiro atoms. The Morgan fingerprint density at radius 3 is 1.89 bits per heavy atom. The van der Waals surface area contributed by atoms with E-state index in [1.165, 1.54) is 19.3 Å². The summed E-state index contributed by atoms with van der Waals surface area (Å²) in [6, 6.07) is 0. The van der Waals surface area contributed by atoms with Gasteiger partial charge in [0.2, 0.25) is 0 Å². The van der Waals surface area contributed by atoms with Crippen LogP contribution in [0, 0.1) is 11.8 Å². The average molecular weight is 162 g/mol. The molecule has 54 valence electrons. The zero-order valence-corrected chi connectivity index (χ0v) is 7.37. The summed E-state index contributed by atoms with van der Waals surface area (Å²) in [7, 11) is 0. The van der Waals surface area contributed by atoms with Crippen molar-refractivity contribution in [2.45, 2.75) is 19.3 Å². The first-order valence-corrected chi connectivity index (χ1v) is 4.86. The molecule has 9 heavy (non-hydrogen) atoms. The highest BCUT2D eigenvalue weighted by atomic mass is 32.1. The highest BCUT2D eigenvalue weighted by molar-refractivity contribution is 7.81. The van der Waals surface area contributed by atoms with E-state index in [-0.39, 0.29) is 0 Å². The molecule has 0 heterocycles. The van der Waals surface area contributed by atoms with E-state index in [0.29, 0.717) is 0 Å². The van der Waals surface area contributed by atoms with Crippen LogP contribution in [0.25, 0.3) is 0 Å². The van der Waals surface area contributed by atoms with E-state index < -0.39 is 0 Å². The molecule has 0 amide bonds. The van der Waals surface area contributed by atoms with Crippen LogP contribution in [0.15, 0.2) is 0 Å². The maximum Gasteiger partial charge on any atom is -0.00591 e. The molecule has 1 rings (SSSR count). The minimum Gasteiger partial charge on any atom is -0.179 e. The molecule has 0 aromatic rings. The van der Waals surface area contributed by atoms with Crippen molar-refractivity contribution in [3.05, 3.63) is 0 Å². The molecule has 1 fully saturated rings. The van der Waals surface area contributed by atoms with Gasteiger partial charge in [0.25, 0.3) is 0 Å². The van der Waals surface area contributed by atoms with Crippen molar-refractivity contribution in [3.63, 3.8) is 0 Å². The van der Waals surface area contributed by atoms with Gasteiger partial charge in [-0.25, -0.2) is 0 Å². The van der Waals surface area contributed by atoms with Gasteiger partial charge in [-0.05, 0) is 23.3 Å². The predicted octanol–water partition coefficient (Wildman–Crippen LogP) is 2.26. The Labute approximate surface area is 68.2 Å². The van der Waals surface area contributed by atoms with Gasteiger partial charge in [0.15, 0.2) is 0 Å². The van der Waals surface area contributed by atoms with Gasteiger partial charge < -0.3 is 0 Å². The van der Waals surface area contributed by atoms with Crippen LogP contribution in [0.5, 0.6) is 0 Å². The van der Waals surface area contributed by atoms with Crippen LogP contribution in [0.3, 0.4) is 0 Å². The Balaban J connectivity index is 2.19. The Morgan fingerprint density at radius 1 is 1.22 bits per heavy atom. The van der Waals surface area contributed by atoms with Crippen molar-refractivity contribution in [1.29, 1.82) is 0 Å². The van der Waals surface area contributed by atoms with Gasteiger partial charge in [0.1, 0.15) is 0 Å². The van der Waals surface area contributed by atoms with Gasteiger partial charge in [-0.2, -0.15) is 25.3 Å². The van der Waals surface area contributed by atoms with E-state index >= 15 is 0 Å². The van der Waals surface area contributed by atoms with Crippen molar-refractivity contribution in [3.8, 4) is 0 Å². The Kier molecular flexibility index (Phi) is 3.27. The van der Waals surface area contributed by atoms with Crippen molar-refractivity contribution in [2.75, 3.05) is 11.5 Å². The fourth-order valence-electron chi connectivity index (χ4n) is 1.27. The van der Waals surface area contributed by atoms with Gasteiger partial charge in [0.05, 0.1) is 0 Å². The van der Waals surface area contributed by atoms with Crippen LogP contribution in [-0.4, -0.2) is 11.5 Å². The zero-order valence-electron chi connectivity index (χ0n) is 5.58. The summed E-state index contributed by atoms with van der Waals surface area (Å²) >= 11 is 8.55. The molecule has 1 aliphatic rings. The molecule has 0 radical (unpaired) electrons. The molecule has 0 atom stereocenters. The van der Waals surface area contributed by atoms with E-state index in [0.717, 1.165) is 23.3 Å². The predicted molar refractivity (Wildman–Crippen MR) is 48.5 cm³/mol. The van der Waals surface area contributed by atoms with Crippen molar-refractivity contribution < 1.29 is 0 Å². The summed E-state index contributed by atoms with van der Waals surface area (Å²) in [6.07, 6.45) is 4.28. The molecule has 0 aliphatic heterocycles. The van der Waals surface area contributed by atoms with Crippen molar-refractivity contribution in [1.82, 2.24) is 0 Å². The SMILES string of the molecule is SCC(CS)C1CCC1. The van der Waals surface area contributed by atoms with Crippen LogP contribution in [0.4, 0.5) is 0 Å². The van der Waals surface area contributed by atoms with Crippen LogP contribution in [0.1, 0.15) is 19.3 Å². The summed E-state index contributed by atoms with van der Waals surface area (Å²) < 4.78 is 0. The summed E-state index contributed by atoms with van der Waals surface area (Å²) in [4.78, 5) is 0. The largest absolute Gasteiger partial charge is 0.179 e. The second-order valence-electron chi connectivity index (χ2n) is 2.82. The van der Waals surface area contributed by atoms with Crippen LogP contribution < -0.4 is 0 Å². The van der Waals surface area contributed by atoms with E-state index in [4.69, 9.17) is 0 Å². The summed E-state index contributed by atoms with van der Waals surface area (Å²) in [6.45, 7) is 0. The van der Waals surface area contributed by atoms with Gasteiger partial charge >= 0.3 is 0 Å². The highest BCUT2D eigenvalue weighted by Gasteiger charge is 2.24. The maximum atomic E-state index is 4.27. The number of hydrogen-bond donors (Lipinski definition) is 2. The standard InChI is InChI=1S/C7H14S2/c8-4-7(5-9)6-2-1-3-6/h6-9H,1-5H2. The van der Waals surface area contributed by atoms with Crippen LogP contribution >= 0.6 is 25.3 Å². The lowest BCUT2D eigenvalue weighted by molar-refractivity contribution is 0.242. The topological polar surface area (TPSA) is 0 Å². The monoisotopic (exact) mass is 162 g/mol. The van der Waals surface area contributed by atoms with Crippen molar-refractivity contribution >= 4 is 25.3 Å². The molecule has 0 aromatic carbocycles. The molecule has 0 nitrogen and oxygen atoms in total. The minimum atomic E-state index is 0.783. The summed E-state index contributed by atoms with van der Waals surface area (Å²) in [5.74, 6) is 3.79. The van der Waals surface area contributed by atoms with Crippen LogP contribution in [-0.2, 0) is 0 Å². The molecule has 0 bridgehead atoms. The van der Waals surface area contributed by atoms with E-state index in [2.05, 4.69) is 25.3 Å². The summed E-state index contributed by atoms with van der Waals surface area (Å²) in [5.41, 5.74) is 0.